The van der Waals surface area contributed by atoms with E-state index >= 15 is 0 Å². The molecule has 2 aliphatic rings. The number of esters is 2. The van der Waals surface area contributed by atoms with Crippen LogP contribution in [0.15, 0.2) is 47.1 Å². The summed E-state index contributed by atoms with van der Waals surface area (Å²) in [6, 6.07) is 0. The van der Waals surface area contributed by atoms with E-state index < -0.39 is 17.4 Å². The molecule has 0 aromatic heterocycles. The third-order valence-corrected chi connectivity index (χ3v) is 4.98. The molecule has 2 rings (SSSR count). The van der Waals surface area contributed by atoms with E-state index in [1.165, 1.54) is 19.8 Å². The molecule has 2 aliphatic carbocycles. The van der Waals surface area contributed by atoms with E-state index in [9.17, 15) is 9.59 Å². The van der Waals surface area contributed by atoms with Crippen molar-refractivity contribution in [1.29, 1.82) is 0 Å². The lowest BCUT2D eigenvalue weighted by atomic mass is 9.76. The Morgan fingerprint density at radius 1 is 1.08 bits per heavy atom. The summed E-state index contributed by atoms with van der Waals surface area (Å²) in [6.07, 6.45) is 4.50. The van der Waals surface area contributed by atoms with Crippen molar-refractivity contribution >= 4 is 11.9 Å². The van der Waals surface area contributed by atoms with E-state index in [0.717, 1.165) is 35.1 Å². The maximum atomic E-state index is 12.5. The summed E-state index contributed by atoms with van der Waals surface area (Å²) in [5.41, 5.74) is 3.86. The zero-order valence-electron chi connectivity index (χ0n) is 16.0. The molecule has 0 saturated heterocycles. The molecule has 0 amide bonds. The number of methoxy groups -OCH3 is 2. The second kappa shape index (κ2) is 6.66. The maximum Gasteiger partial charge on any atom is 0.323 e. The third-order valence-electron chi connectivity index (χ3n) is 4.98. The summed E-state index contributed by atoms with van der Waals surface area (Å²) in [5, 5.41) is 0. The number of allylic oxidation sites excluding steroid dienone is 6. The van der Waals surface area contributed by atoms with Gasteiger partial charge in [-0.25, -0.2) is 0 Å². The summed E-state index contributed by atoms with van der Waals surface area (Å²) in [4.78, 5) is 24.9. The molecule has 0 unspecified atom stereocenters. The fourth-order valence-corrected chi connectivity index (χ4v) is 3.76. The van der Waals surface area contributed by atoms with Gasteiger partial charge in [0.15, 0.2) is 5.41 Å². The van der Waals surface area contributed by atoms with Gasteiger partial charge in [-0.05, 0) is 47.0 Å². The standard InChI is InChI=1S/C21H28O4/c1-8-15(14-9-10-14)17(20(3,4)5)16-12-21(11-13(16)2,18(22)24-6)19(23)25-7/h8H,1-2,9-12H2,3-7H3/b17-16+. The first-order valence-corrected chi connectivity index (χ1v) is 8.55. The Bertz CT molecular complexity index is 676. The quantitative estimate of drug-likeness (QED) is 0.564. The highest BCUT2D eigenvalue weighted by molar-refractivity contribution is 6.02. The first-order valence-electron chi connectivity index (χ1n) is 8.55. The zero-order valence-corrected chi connectivity index (χ0v) is 16.0. The first-order chi connectivity index (χ1) is 11.6. The minimum Gasteiger partial charge on any atom is -0.468 e. The average Bonchev–Trinajstić information content (AvgIpc) is 3.33. The monoisotopic (exact) mass is 344 g/mol. The van der Waals surface area contributed by atoms with Gasteiger partial charge in [0, 0.05) is 6.42 Å². The summed E-state index contributed by atoms with van der Waals surface area (Å²) in [6.45, 7) is 14.5. The van der Waals surface area contributed by atoms with Crippen LogP contribution in [-0.4, -0.2) is 26.2 Å². The highest BCUT2D eigenvalue weighted by Gasteiger charge is 2.54. The molecule has 4 heteroatoms. The fraction of sp³-hybridized carbons (Fsp3) is 0.524. The smallest absolute Gasteiger partial charge is 0.323 e. The largest absolute Gasteiger partial charge is 0.468 e. The minimum absolute atomic E-state index is 0.167. The lowest BCUT2D eigenvalue weighted by Gasteiger charge is -2.28. The highest BCUT2D eigenvalue weighted by atomic mass is 16.5. The summed E-state index contributed by atoms with van der Waals surface area (Å²) in [7, 11) is 2.59. The van der Waals surface area contributed by atoms with E-state index in [2.05, 4.69) is 33.9 Å². The van der Waals surface area contributed by atoms with Gasteiger partial charge in [-0.2, -0.15) is 0 Å². The van der Waals surface area contributed by atoms with Crippen LogP contribution in [0.5, 0.6) is 0 Å². The van der Waals surface area contributed by atoms with Gasteiger partial charge >= 0.3 is 11.9 Å². The van der Waals surface area contributed by atoms with Crippen LogP contribution in [0, 0.1) is 10.8 Å². The van der Waals surface area contributed by atoms with Crippen molar-refractivity contribution in [2.45, 2.75) is 46.5 Å². The number of ether oxygens (including phenoxy) is 2. The van der Waals surface area contributed by atoms with Crippen molar-refractivity contribution in [3.05, 3.63) is 47.1 Å². The van der Waals surface area contributed by atoms with Crippen molar-refractivity contribution in [1.82, 2.24) is 0 Å². The molecule has 2 saturated carbocycles. The molecule has 0 spiro atoms. The van der Waals surface area contributed by atoms with Crippen molar-refractivity contribution in [2.75, 3.05) is 14.2 Å². The van der Waals surface area contributed by atoms with E-state index in [-0.39, 0.29) is 18.3 Å². The van der Waals surface area contributed by atoms with Gasteiger partial charge in [0.05, 0.1) is 14.2 Å². The number of carbonyl (C=O) groups is 2. The summed E-state index contributed by atoms with van der Waals surface area (Å²) >= 11 is 0. The maximum absolute atomic E-state index is 12.5. The molecule has 0 heterocycles. The molecule has 0 aliphatic heterocycles. The third kappa shape index (κ3) is 3.35. The Morgan fingerprint density at radius 2 is 1.60 bits per heavy atom. The molecule has 0 aromatic rings. The van der Waals surface area contributed by atoms with E-state index in [1.54, 1.807) is 0 Å². The van der Waals surface area contributed by atoms with Crippen LogP contribution in [0.1, 0.15) is 46.5 Å². The number of carbonyl (C=O) groups excluding carboxylic acids is 2. The second-order valence-corrected chi connectivity index (χ2v) is 7.85. The summed E-state index contributed by atoms with van der Waals surface area (Å²) < 4.78 is 9.87. The van der Waals surface area contributed by atoms with Gasteiger partial charge in [0.25, 0.3) is 0 Å². The Kier molecular flexibility index (Phi) is 5.12. The van der Waals surface area contributed by atoms with Crippen molar-refractivity contribution in [3.63, 3.8) is 0 Å². The molecule has 0 atom stereocenters. The molecular weight excluding hydrogens is 316 g/mol. The van der Waals surface area contributed by atoms with E-state index in [0.29, 0.717) is 0 Å². The zero-order chi connectivity index (χ0) is 19.0. The van der Waals surface area contributed by atoms with Gasteiger partial charge in [-0.15, -0.1) is 0 Å². The Hall–Kier alpha value is -2.10. The number of rotatable bonds is 4. The Balaban J connectivity index is 2.67. The van der Waals surface area contributed by atoms with Crippen LogP contribution in [0.25, 0.3) is 0 Å². The van der Waals surface area contributed by atoms with Crippen molar-refractivity contribution in [2.24, 2.45) is 10.8 Å². The topological polar surface area (TPSA) is 52.6 Å². The Morgan fingerprint density at radius 3 is 1.96 bits per heavy atom. The van der Waals surface area contributed by atoms with Gasteiger partial charge in [0.2, 0.25) is 0 Å². The molecule has 136 valence electrons. The number of hydrogen-bond acceptors (Lipinski definition) is 4. The van der Waals surface area contributed by atoms with Crippen LogP contribution in [-0.2, 0) is 19.1 Å². The minimum atomic E-state index is -1.34. The average molecular weight is 344 g/mol. The highest BCUT2D eigenvalue weighted by Crippen LogP contribution is 2.52. The Labute approximate surface area is 150 Å². The molecule has 0 radical (unpaired) electrons. The van der Waals surface area contributed by atoms with Gasteiger partial charge in [-0.3, -0.25) is 9.59 Å². The van der Waals surface area contributed by atoms with Gasteiger partial charge in [-0.1, -0.05) is 45.6 Å². The van der Waals surface area contributed by atoms with Crippen molar-refractivity contribution in [3.8, 4) is 0 Å². The molecule has 0 bridgehead atoms. The normalized spacial score (nSPS) is 20.8. The molecule has 25 heavy (non-hydrogen) atoms. The van der Waals surface area contributed by atoms with Gasteiger partial charge < -0.3 is 9.47 Å². The fourth-order valence-electron chi connectivity index (χ4n) is 3.76. The van der Waals surface area contributed by atoms with Crippen LogP contribution in [0.3, 0.4) is 0 Å². The number of hydrogen-bond donors (Lipinski definition) is 0. The first kappa shape index (κ1) is 19.2. The molecule has 2 fully saturated rings. The second-order valence-electron chi connectivity index (χ2n) is 7.85. The van der Waals surface area contributed by atoms with Crippen LogP contribution < -0.4 is 0 Å². The molecule has 0 N–H and O–H groups in total. The molecule has 4 nitrogen and oxygen atoms in total. The van der Waals surface area contributed by atoms with E-state index in [4.69, 9.17) is 9.47 Å². The van der Waals surface area contributed by atoms with Crippen LogP contribution >= 0.6 is 0 Å². The van der Waals surface area contributed by atoms with Crippen LogP contribution in [0.2, 0.25) is 0 Å². The lowest BCUT2D eigenvalue weighted by molar-refractivity contribution is -0.168. The predicted molar refractivity (Wildman–Crippen MR) is 97.8 cm³/mol. The molecular formula is C21H28O4. The lowest BCUT2D eigenvalue weighted by Crippen LogP contribution is -2.38. The van der Waals surface area contributed by atoms with Gasteiger partial charge in [0.1, 0.15) is 0 Å². The van der Waals surface area contributed by atoms with E-state index in [1.807, 2.05) is 6.08 Å². The molecule has 0 aromatic carbocycles. The summed E-state index contributed by atoms with van der Waals surface area (Å²) in [5.74, 6) is -1.13. The SMILES string of the molecule is C=CC(=C1CC1)/C(=C1/CC(C(=O)OC)(C(=O)OC)CC1=C)C(C)(C)C. The predicted octanol–water partition coefficient (Wildman–Crippen LogP) is 4.29. The van der Waals surface area contributed by atoms with Crippen molar-refractivity contribution < 1.29 is 19.1 Å². The van der Waals surface area contributed by atoms with Crippen LogP contribution in [0.4, 0.5) is 0 Å².